The van der Waals surface area contributed by atoms with E-state index in [1.165, 1.54) is 0 Å². The van der Waals surface area contributed by atoms with Gasteiger partial charge in [0, 0.05) is 6.61 Å². The maximum atomic E-state index is 11.2. The summed E-state index contributed by atoms with van der Waals surface area (Å²) in [6.07, 6.45) is 3.58. The summed E-state index contributed by atoms with van der Waals surface area (Å²) in [5.41, 5.74) is -0.810. The Balaban J connectivity index is 2.13. The zero-order valence-electron chi connectivity index (χ0n) is 11.4. The van der Waals surface area contributed by atoms with Gasteiger partial charge in [0.2, 0.25) is 0 Å². The summed E-state index contributed by atoms with van der Waals surface area (Å²) in [4.78, 5) is 11.2. The summed E-state index contributed by atoms with van der Waals surface area (Å²) in [6, 6.07) is 0. The Hall–Kier alpha value is -0.650. The maximum Gasteiger partial charge on any atom is 0.323 e. The SMILES string of the molecule is CCCNC(C)(CCCCOC1COC1)C(=O)O. The second-order valence-corrected chi connectivity index (χ2v) is 5.05. The third kappa shape index (κ3) is 4.92. The first kappa shape index (κ1) is 15.4. The lowest BCUT2D eigenvalue weighted by Crippen LogP contribution is -2.49. The molecule has 0 radical (unpaired) electrons. The summed E-state index contributed by atoms with van der Waals surface area (Å²) in [6.45, 7) is 6.61. The van der Waals surface area contributed by atoms with E-state index in [2.05, 4.69) is 5.32 Å². The number of ether oxygens (including phenoxy) is 2. The van der Waals surface area contributed by atoms with Crippen molar-refractivity contribution in [2.75, 3.05) is 26.4 Å². The normalized spacial score (nSPS) is 19.2. The largest absolute Gasteiger partial charge is 0.480 e. The van der Waals surface area contributed by atoms with E-state index in [1.807, 2.05) is 6.92 Å². The first-order chi connectivity index (χ1) is 8.58. The van der Waals surface area contributed by atoms with Crippen LogP contribution in [0, 0.1) is 0 Å². The van der Waals surface area contributed by atoms with Crippen LogP contribution >= 0.6 is 0 Å². The smallest absolute Gasteiger partial charge is 0.323 e. The van der Waals surface area contributed by atoms with E-state index < -0.39 is 11.5 Å². The highest BCUT2D eigenvalue weighted by atomic mass is 16.6. The molecule has 1 aliphatic rings. The first-order valence-electron chi connectivity index (χ1n) is 6.76. The van der Waals surface area contributed by atoms with Crippen molar-refractivity contribution >= 4 is 5.97 Å². The number of carbonyl (C=O) groups is 1. The van der Waals surface area contributed by atoms with Crippen molar-refractivity contribution < 1.29 is 19.4 Å². The number of rotatable bonds is 10. The third-order valence-corrected chi connectivity index (χ3v) is 3.27. The van der Waals surface area contributed by atoms with Gasteiger partial charge in [-0.25, -0.2) is 0 Å². The molecule has 0 spiro atoms. The van der Waals surface area contributed by atoms with Crippen LogP contribution in [0.3, 0.4) is 0 Å². The highest BCUT2D eigenvalue weighted by molar-refractivity contribution is 5.78. The number of hydrogen-bond donors (Lipinski definition) is 2. The molecule has 1 saturated heterocycles. The molecule has 0 amide bonds. The van der Waals surface area contributed by atoms with Crippen molar-refractivity contribution in [3.8, 4) is 0 Å². The zero-order valence-corrected chi connectivity index (χ0v) is 11.4. The van der Waals surface area contributed by atoms with Crippen LogP contribution < -0.4 is 5.32 Å². The molecule has 0 aromatic carbocycles. The van der Waals surface area contributed by atoms with Crippen molar-refractivity contribution in [2.24, 2.45) is 0 Å². The van der Waals surface area contributed by atoms with Gasteiger partial charge in [0.15, 0.2) is 0 Å². The molecule has 106 valence electrons. The number of carboxylic acid groups (broad SMARTS) is 1. The molecule has 0 aliphatic carbocycles. The van der Waals surface area contributed by atoms with Crippen LogP contribution in [-0.2, 0) is 14.3 Å². The van der Waals surface area contributed by atoms with Crippen molar-refractivity contribution in [3.63, 3.8) is 0 Å². The van der Waals surface area contributed by atoms with Crippen LogP contribution in [0.25, 0.3) is 0 Å². The quantitative estimate of drug-likeness (QED) is 0.581. The monoisotopic (exact) mass is 259 g/mol. The van der Waals surface area contributed by atoms with Crippen molar-refractivity contribution in [1.29, 1.82) is 0 Å². The zero-order chi connectivity index (χ0) is 13.4. The van der Waals surface area contributed by atoms with Gasteiger partial charge in [-0.1, -0.05) is 6.92 Å². The second-order valence-electron chi connectivity index (χ2n) is 5.05. The van der Waals surface area contributed by atoms with Crippen LogP contribution in [-0.4, -0.2) is 49.1 Å². The van der Waals surface area contributed by atoms with E-state index in [0.717, 1.165) is 25.8 Å². The Morgan fingerprint density at radius 2 is 2.22 bits per heavy atom. The van der Waals surface area contributed by atoms with Crippen molar-refractivity contribution in [1.82, 2.24) is 5.32 Å². The Morgan fingerprint density at radius 3 is 2.72 bits per heavy atom. The predicted octanol–water partition coefficient (Wildman–Crippen LogP) is 1.41. The number of aliphatic carboxylic acids is 1. The fourth-order valence-corrected chi connectivity index (χ4v) is 1.81. The molecule has 1 atom stereocenters. The first-order valence-corrected chi connectivity index (χ1v) is 6.76. The summed E-state index contributed by atoms with van der Waals surface area (Å²) >= 11 is 0. The van der Waals surface area contributed by atoms with Crippen molar-refractivity contribution in [2.45, 2.75) is 51.2 Å². The van der Waals surface area contributed by atoms with Crippen LogP contribution in [0.1, 0.15) is 39.5 Å². The molecule has 18 heavy (non-hydrogen) atoms. The maximum absolute atomic E-state index is 11.2. The van der Waals surface area contributed by atoms with Gasteiger partial charge in [0.25, 0.3) is 0 Å². The molecular weight excluding hydrogens is 234 g/mol. The fraction of sp³-hybridized carbons (Fsp3) is 0.923. The molecule has 0 aromatic rings. The van der Waals surface area contributed by atoms with E-state index in [1.54, 1.807) is 6.92 Å². The Labute approximate surface area is 109 Å². The van der Waals surface area contributed by atoms with Gasteiger partial charge in [0.1, 0.15) is 11.6 Å². The minimum Gasteiger partial charge on any atom is -0.480 e. The van der Waals surface area contributed by atoms with Gasteiger partial charge in [0.05, 0.1) is 13.2 Å². The molecule has 0 saturated carbocycles. The molecule has 1 unspecified atom stereocenters. The minimum absolute atomic E-state index is 0.258. The van der Waals surface area contributed by atoms with E-state index in [-0.39, 0.29) is 6.10 Å². The van der Waals surface area contributed by atoms with Gasteiger partial charge in [-0.2, -0.15) is 0 Å². The molecule has 1 rings (SSSR count). The van der Waals surface area contributed by atoms with E-state index >= 15 is 0 Å². The standard InChI is InChI=1S/C13H25NO4/c1-3-7-14-13(2,12(15)16)6-4-5-8-18-11-9-17-10-11/h11,14H,3-10H2,1-2H3,(H,15,16). The summed E-state index contributed by atoms with van der Waals surface area (Å²) in [5.74, 6) is -0.774. The molecular formula is C13H25NO4. The molecule has 1 aliphatic heterocycles. The lowest BCUT2D eigenvalue weighted by molar-refractivity contribution is -0.144. The number of hydrogen-bond acceptors (Lipinski definition) is 4. The van der Waals surface area contributed by atoms with Crippen LogP contribution in [0.2, 0.25) is 0 Å². The molecule has 2 N–H and O–H groups in total. The summed E-state index contributed by atoms with van der Waals surface area (Å²) < 4.78 is 10.6. The Bertz CT molecular complexity index is 255. The van der Waals surface area contributed by atoms with Crippen molar-refractivity contribution in [3.05, 3.63) is 0 Å². The Morgan fingerprint density at radius 1 is 1.50 bits per heavy atom. The highest BCUT2D eigenvalue weighted by Gasteiger charge is 2.31. The van der Waals surface area contributed by atoms with Crippen LogP contribution in [0.15, 0.2) is 0 Å². The van der Waals surface area contributed by atoms with Crippen LogP contribution in [0.5, 0.6) is 0 Å². The number of nitrogens with one attached hydrogen (secondary N) is 1. The lowest BCUT2D eigenvalue weighted by Gasteiger charge is -2.27. The summed E-state index contributed by atoms with van der Waals surface area (Å²) in [5, 5.41) is 12.3. The summed E-state index contributed by atoms with van der Waals surface area (Å²) in [7, 11) is 0. The van der Waals surface area contributed by atoms with Gasteiger partial charge >= 0.3 is 5.97 Å². The molecule has 5 heteroatoms. The predicted molar refractivity (Wildman–Crippen MR) is 68.7 cm³/mol. The molecule has 0 bridgehead atoms. The average Bonchev–Trinajstić information content (AvgIpc) is 2.28. The lowest BCUT2D eigenvalue weighted by atomic mass is 9.95. The molecule has 1 fully saturated rings. The van der Waals surface area contributed by atoms with Crippen LogP contribution in [0.4, 0.5) is 0 Å². The fourth-order valence-electron chi connectivity index (χ4n) is 1.81. The van der Waals surface area contributed by atoms with Gasteiger partial charge in [-0.3, -0.25) is 4.79 Å². The Kier molecular flexibility index (Phi) is 6.60. The third-order valence-electron chi connectivity index (χ3n) is 3.27. The molecule has 1 heterocycles. The topological polar surface area (TPSA) is 67.8 Å². The van der Waals surface area contributed by atoms with Gasteiger partial charge in [-0.05, 0) is 39.2 Å². The molecule has 0 aromatic heterocycles. The van der Waals surface area contributed by atoms with Gasteiger partial charge < -0.3 is 19.9 Å². The van der Waals surface area contributed by atoms with E-state index in [0.29, 0.717) is 26.2 Å². The highest BCUT2D eigenvalue weighted by Crippen LogP contribution is 2.15. The van der Waals surface area contributed by atoms with E-state index in [4.69, 9.17) is 9.47 Å². The van der Waals surface area contributed by atoms with E-state index in [9.17, 15) is 9.90 Å². The number of unbranched alkanes of at least 4 members (excludes halogenated alkanes) is 1. The molecule has 5 nitrogen and oxygen atoms in total. The average molecular weight is 259 g/mol. The van der Waals surface area contributed by atoms with Gasteiger partial charge in [-0.15, -0.1) is 0 Å². The second kappa shape index (κ2) is 7.71. The minimum atomic E-state index is -0.810. The number of carboxylic acids is 1.